The standard InChI is InChI=1S/C12H11N5O2S/c1-7-14-12(20-17-7)16-15-9(11(13)19)10(18)8-5-3-2-4-6-8/h2-6,18H,1H3,(H2,13,19)/b10-9+,16-15?. The maximum atomic E-state index is 11.4. The number of carbonyl (C=O) groups excluding carboxylic acids is 1. The lowest BCUT2D eigenvalue weighted by atomic mass is 10.1. The fourth-order valence-corrected chi connectivity index (χ4v) is 1.87. The molecule has 2 rings (SSSR count). The van der Waals surface area contributed by atoms with Crippen LogP contribution in [0.15, 0.2) is 46.3 Å². The highest BCUT2D eigenvalue weighted by atomic mass is 32.1. The summed E-state index contributed by atoms with van der Waals surface area (Å²) in [7, 11) is 0. The molecule has 7 nitrogen and oxygen atoms in total. The van der Waals surface area contributed by atoms with Crippen LogP contribution >= 0.6 is 11.5 Å². The average Bonchev–Trinajstić information content (AvgIpc) is 2.85. The average molecular weight is 289 g/mol. The van der Waals surface area contributed by atoms with Crippen molar-refractivity contribution < 1.29 is 9.90 Å². The Balaban J connectivity index is 2.36. The predicted molar refractivity (Wildman–Crippen MR) is 74.3 cm³/mol. The molecule has 1 heterocycles. The number of aliphatic hydroxyl groups is 1. The van der Waals surface area contributed by atoms with Crippen molar-refractivity contribution >= 4 is 28.3 Å². The van der Waals surface area contributed by atoms with Gasteiger partial charge in [-0.2, -0.15) is 4.37 Å². The fourth-order valence-electron chi connectivity index (χ4n) is 1.37. The van der Waals surface area contributed by atoms with E-state index in [1.807, 2.05) is 0 Å². The summed E-state index contributed by atoms with van der Waals surface area (Å²) in [6.45, 7) is 1.71. The van der Waals surface area contributed by atoms with E-state index in [9.17, 15) is 9.90 Å². The summed E-state index contributed by atoms with van der Waals surface area (Å²) in [6.07, 6.45) is 0. The predicted octanol–water partition coefficient (Wildman–Crippen LogP) is 2.34. The topological polar surface area (TPSA) is 114 Å². The molecule has 0 aliphatic carbocycles. The minimum atomic E-state index is -0.878. The second-order valence-corrected chi connectivity index (χ2v) is 4.48. The first-order valence-electron chi connectivity index (χ1n) is 5.58. The number of hydrogen-bond acceptors (Lipinski definition) is 7. The number of carbonyl (C=O) groups is 1. The first kappa shape index (κ1) is 13.8. The molecule has 0 saturated heterocycles. The van der Waals surface area contributed by atoms with Gasteiger partial charge in [0.1, 0.15) is 5.82 Å². The minimum Gasteiger partial charge on any atom is -0.505 e. The van der Waals surface area contributed by atoms with Gasteiger partial charge in [-0.1, -0.05) is 30.3 Å². The lowest BCUT2D eigenvalue weighted by Gasteiger charge is -2.02. The molecule has 0 unspecified atom stereocenters. The van der Waals surface area contributed by atoms with Gasteiger partial charge >= 0.3 is 0 Å². The SMILES string of the molecule is Cc1nsc(N=N/C(C(N)=O)=C(/O)c2ccccc2)n1. The van der Waals surface area contributed by atoms with Gasteiger partial charge in [-0.25, -0.2) is 4.98 Å². The third kappa shape index (κ3) is 3.23. The van der Waals surface area contributed by atoms with E-state index in [2.05, 4.69) is 19.6 Å². The van der Waals surface area contributed by atoms with Crippen molar-refractivity contribution in [1.82, 2.24) is 9.36 Å². The third-order valence-electron chi connectivity index (χ3n) is 2.26. The Morgan fingerprint density at radius 1 is 1.35 bits per heavy atom. The molecule has 0 aliphatic rings. The van der Waals surface area contributed by atoms with Crippen LogP contribution in [0.5, 0.6) is 0 Å². The zero-order valence-electron chi connectivity index (χ0n) is 10.5. The van der Waals surface area contributed by atoms with Crippen LogP contribution in [0.2, 0.25) is 0 Å². The summed E-state index contributed by atoms with van der Waals surface area (Å²) in [5, 5.41) is 17.7. The summed E-state index contributed by atoms with van der Waals surface area (Å²) in [5.41, 5.74) is 5.30. The lowest BCUT2D eigenvalue weighted by molar-refractivity contribution is -0.114. The van der Waals surface area contributed by atoms with Crippen molar-refractivity contribution in [3.63, 3.8) is 0 Å². The Labute approximate surface area is 118 Å². The first-order chi connectivity index (χ1) is 9.58. The number of aliphatic hydroxyl groups excluding tert-OH is 1. The Morgan fingerprint density at radius 3 is 2.60 bits per heavy atom. The Bertz CT molecular complexity index is 678. The van der Waals surface area contributed by atoms with Gasteiger partial charge in [0.15, 0.2) is 11.5 Å². The molecule has 1 aromatic carbocycles. The number of benzene rings is 1. The molecule has 3 N–H and O–H groups in total. The highest BCUT2D eigenvalue weighted by Gasteiger charge is 2.13. The van der Waals surface area contributed by atoms with Crippen LogP contribution in [0.1, 0.15) is 11.4 Å². The number of aromatic nitrogens is 2. The van der Waals surface area contributed by atoms with Gasteiger partial charge in [-0.3, -0.25) is 4.79 Å². The van der Waals surface area contributed by atoms with Gasteiger partial charge in [0.2, 0.25) is 5.13 Å². The van der Waals surface area contributed by atoms with Crippen LogP contribution in [0, 0.1) is 6.92 Å². The second-order valence-electron chi connectivity index (χ2n) is 3.75. The van der Waals surface area contributed by atoms with E-state index >= 15 is 0 Å². The third-order valence-corrected chi connectivity index (χ3v) is 2.95. The molecule has 0 bridgehead atoms. The number of hydrogen-bond donors (Lipinski definition) is 2. The molecule has 0 aliphatic heterocycles. The number of azo groups is 1. The molecule has 0 radical (unpaired) electrons. The molecular formula is C12H11N5O2S. The van der Waals surface area contributed by atoms with Crippen molar-refractivity contribution in [2.45, 2.75) is 6.92 Å². The number of primary amides is 1. The van der Waals surface area contributed by atoms with Gasteiger partial charge < -0.3 is 10.8 Å². The molecule has 1 aromatic heterocycles. The molecule has 102 valence electrons. The smallest absolute Gasteiger partial charge is 0.273 e. The van der Waals surface area contributed by atoms with Crippen LogP contribution in [-0.2, 0) is 4.79 Å². The van der Waals surface area contributed by atoms with E-state index in [0.29, 0.717) is 11.4 Å². The van der Waals surface area contributed by atoms with E-state index in [4.69, 9.17) is 5.73 Å². The minimum absolute atomic E-state index is 0.280. The number of amides is 1. The largest absolute Gasteiger partial charge is 0.505 e. The summed E-state index contributed by atoms with van der Waals surface area (Å²) in [4.78, 5) is 15.3. The van der Waals surface area contributed by atoms with Crippen LogP contribution in [0.4, 0.5) is 5.13 Å². The number of aryl methyl sites for hydroxylation is 1. The van der Waals surface area contributed by atoms with E-state index in [1.165, 1.54) is 0 Å². The zero-order chi connectivity index (χ0) is 14.5. The van der Waals surface area contributed by atoms with E-state index in [0.717, 1.165) is 11.5 Å². The Morgan fingerprint density at radius 2 is 2.05 bits per heavy atom. The summed E-state index contributed by atoms with van der Waals surface area (Å²) < 4.78 is 3.92. The van der Waals surface area contributed by atoms with Crippen LogP contribution < -0.4 is 5.73 Å². The fraction of sp³-hybridized carbons (Fsp3) is 0.0833. The molecule has 1 amide bonds. The van der Waals surface area contributed by atoms with E-state index in [-0.39, 0.29) is 16.6 Å². The molecule has 0 atom stereocenters. The Hall–Kier alpha value is -2.61. The second kappa shape index (κ2) is 6.02. The number of nitrogens with two attached hydrogens (primary N) is 1. The number of rotatable bonds is 4. The normalized spacial score (nSPS) is 12.4. The van der Waals surface area contributed by atoms with Gasteiger partial charge in [0.05, 0.1) is 0 Å². The zero-order valence-corrected chi connectivity index (χ0v) is 11.3. The van der Waals surface area contributed by atoms with Crippen LogP contribution in [-0.4, -0.2) is 20.4 Å². The Kier molecular flexibility index (Phi) is 4.16. The molecule has 20 heavy (non-hydrogen) atoms. The van der Waals surface area contributed by atoms with Crippen LogP contribution in [0.25, 0.3) is 5.76 Å². The molecule has 0 spiro atoms. The quantitative estimate of drug-likeness (QED) is 0.510. The van der Waals surface area contributed by atoms with Crippen molar-refractivity contribution in [3.8, 4) is 0 Å². The lowest BCUT2D eigenvalue weighted by Crippen LogP contribution is -2.14. The molecule has 0 fully saturated rings. The highest BCUT2D eigenvalue weighted by Crippen LogP contribution is 2.20. The van der Waals surface area contributed by atoms with Crippen LogP contribution in [0.3, 0.4) is 0 Å². The maximum Gasteiger partial charge on any atom is 0.273 e. The van der Waals surface area contributed by atoms with Gasteiger partial charge in [-0.15, -0.1) is 10.2 Å². The monoisotopic (exact) mass is 289 g/mol. The van der Waals surface area contributed by atoms with Crippen molar-refractivity contribution in [2.75, 3.05) is 0 Å². The summed E-state index contributed by atoms with van der Waals surface area (Å²) in [5.74, 6) is -0.653. The van der Waals surface area contributed by atoms with E-state index in [1.54, 1.807) is 37.3 Å². The highest BCUT2D eigenvalue weighted by molar-refractivity contribution is 7.09. The van der Waals surface area contributed by atoms with Gasteiger partial charge in [0, 0.05) is 17.1 Å². The van der Waals surface area contributed by atoms with E-state index < -0.39 is 5.91 Å². The molecule has 8 heteroatoms. The van der Waals surface area contributed by atoms with Gasteiger partial charge in [-0.05, 0) is 6.92 Å². The summed E-state index contributed by atoms with van der Waals surface area (Å²) >= 11 is 1.03. The molecule has 2 aromatic rings. The number of nitrogens with zero attached hydrogens (tertiary/aromatic N) is 4. The molecular weight excluding hydrogens is 278 g/mol. The van der Waals surface area contributed by atoms with Crippen molar-refractivity contribution in [3.05, 3.63) is 47.4 Å². The van der Waals surface area contributed by atoms with Crippen molar-refractivity contribution in [2.24, 2.45) is 16.0 Å². The van der Waals surface area contributed by atoms with Crippen molar-refractivity contribution in [1.29, 1.82) is 0 Å². The first-order valence-corrected chi connectivity index (χ1v) is 6.36. The maximum absolute atomic E-state index is 11.4. The summed E-state index contributed by atoms with van der Waals surface area (Å²) in [6, 6.07) is 8.48. The molecule has 0 saturated carbocycles. The van der Waals surface area contributed by atoms with Gasteiger partial charge in [0.25, 0.3) is 5.91 Å².